The largest absolute Gasteiger partial charge is 0.380 e. The van der Waals surface area contributed by atoms with Crippen LogP contribution >= 0.6 is 0 Å². The van der Waals surface area contributed by atoms with Crippen LogP contribution in [0.4, 0.5) is 0 Å². The second kappa shape index (κ2) is 9.28. The van der Waals surface area contributed by atoms with Gasteiger partial charge >= 0.3 is 0 Å². The summed E-state index contributed by atoms with van der Waals surface area (Å²) in [5, 5.41) is 0. The van der Waals surface area contributed by atoms with Gasteiger partial charge in [-0.15, -0.1) is 0 Å². The third-order valence-electron chi connectivity index (χ3n) is 4.53. The Labute approximate surface area is 134 Å². The fraction of sp³-hybridized carbons (Fsp3) is 0.824. The lowest BCUT2D eigenvalue weighted by atomic mass is 9.92. The number of piperidine rings is 1. The molecule has 0 N–H and O–H groups in total. The van der Waals surface area contributed by atoms with Gasteiger partial charge in [0.15, 0.2) is 0 Å². The smallest absolute Gasteiger partial charge is 0.249 e. The fourth-order valence-electron chi connectivity index (χ4n) is 3.43. The molecule has 5 heteroatoms. The number of amides is 1. The van der Waals surface area contributed by atoms with Gasteiger partial charge in [-0.2, -0.15) is 0 Å². The number of rotatable bonds is 7. The number of nitrogens with zero attached hydrogens (tertiary/aromatic N) is 2. The van der Waals surface area contributed by atoms with Crippen LogP contribution in [0.3, 0.4) is 0 Å². The van der Waals surface area contributed by atoms with Crippen molar-refractivity contribution >= 4 is 5.91 Å². The van der Waals surface area contributed by atoms with Crippen LogP contribution in [0.5, 0.6) is 0 Å². The molecular formula is C17H30N2O3. The molecule has 1 saturated heterocycles. The molecule has 2 aliphatic rings. The van der Waals surface area contributed by atoms with Crippen LogP contribution in [-0.4, -0.2) is 74.9 Å². The summed E-state index contributed by atoms with van der Waals surface area (Å²) in [4.78, 5) is 16.8. The van der Waals surface area contributed by atoms with Crippen molar-refractivity contribution in [2.45, 2.75) is 38.6 Å². The van der Waals surface area contributed by atoms with E-state index in [1.807, 2.05) is 11.8 Å². The lowest BCUT2D eigenvalue weighted by Gasteiger charge is -2.40. The Morgan fingerprint density at radius 1 is 1.36 bits per heavy atom. The Morgan fingerprint density at radius 3 is 3.00 bits per heavy atom. The lowest BCUT2D eigenvalue weighted by molar-refractivity contribution is -0.138. The maximum atomic E-state index is 12.3. The van der Waals surface area contributed by atoms with Gasteiger partial charge in [-0.3, -0.25) is 9.69 Å². The van der Waals surface area contributed by atoms with Crippen LogP contribution < -0.4 is 0 Å². The number of likely N-dealkylation sites (tertiary alicyclic amines) is 1. The first kappa shape index (κ1) is 17.4. The standard InChI is InChI=1S/C17H30N2O3/c1-3-22-12-11-18-9-6-7-15(13-18)16-8-4-5-10-19(16)17(20)14-21-2/h7,16H,3-6,8-14H2,1-2H3/t16-/m0/s1. The average molecular weight is 310 g/mol. The summed E-state index contributed by atoms with van der Waals surface area (Å²) in [6.07, 6.45) is 6.82. The van der Waals surface area contributed by atoms with Crippen molar-refractivity contribution in [2.24, 2.45) is 0 Å². The molecule has 2 heterocycles. The topological polar surface area (TPSA) is 42.0 Å². The molecule has 0 aliphatic carbocycles. The van der Waals surface area contributed by atoms with Crippen molar-refractivity contribution in [1.29, 1.82) is 0 Å². The van der Waals surface area contributed by atoms with Crippen molar-refractivity contribution in [3.63, 3.8) is 0 Å². The molecule has 22 heavy (non-hydrogen) atoms. The predicted molar refractivity (Wildman–Crippen MR) is 86.9 cm³/mol. The third-order valence-corrected chi connectivity index (χ3v) is 4.53. The van der Waals surface area contributed by atoms with E-state index in [1.54, 1.807) is 7.11 Å². The van der Waals surface area contributed by atoms with Crippen molar-refractivity contribution in [3.05, 3.63) is 11.6 Å². The van der Waals surface area contributed by atoms with Crippen LogP contribution in [0.25, 0.3) is 0 Å². The van der Waals surface area contributed by atoms with Gasteiger partial charge in [-0.1, -0.05) is 6.08 Å². The van der Waals surface area contributed by atoms with E-state index in [-0.39, 0.29) is 18.6 Å². The van der Waals surface area contributed by atoms with E-state index >= 15 is 0 Å². The van der Waals surface area contributed by atoms with Crippen molar-refractivity contribution in [2.75, 3.05) is 53.1 Å². The molecule has 0 bridgehead atoms. The number of hydrogen-bond donors (Lipinski definition) is 0. The van der Waals surface area contributed by atoms with Crippen LogP contribution in [-0.2, 0) is 14.3 Å². The molecule has 0 unspecified atom stereocenters. The highest BCUT2D eigenvalue weighted by Crippen LogP contribution is 2.26. The van der Waals surface area contributed by atoms with Gasteiger partial charge in [0, 0.05) is 39.9 Å². The van der Waals surface area contributed by atoms with Crippen molar-refractivity contribution < 1.29 is 14.3 Å². The minimum Gasteiger partial charge on any atom is -0.380 e. The van der Waals surface area contributed by atoms with E-state index in [4.69, 9.17) is 9.47 Å². The molecule has 0 aromatic carbocycles. The minimum atomic E-state index is 0.125. The summed E-state index contributed by atoms with van der Waals surface area (Å²) in [7, 11) is 1.59. The van der Waals surface area contributed by atoms with Gasteiger partial charge in [0.2, 0.25) is 5.91 Å². The highest BCUT2D eigenvalue weighted by atomic mass is 16.5. The Morgan fingerprint density at radius 2 is 2.23 bits per heavy atom. The molecule has 0 saturated carbocycles. The summed E-state index contributed by atoms with van der Waals surface area (Å²) >= 11 is 0. The minimum absolute atomic E-state index is 0.125. The van der Waals surface area contributed by atoms with E-state index in [0.717, 1.165) is 58.7 Å². The molecule has 0 radical (unpaired) electrons. The average Bonchev–Trinajstić information content (AvgIpc) is 2.56. The zero-order valence-electron chi connectivity index (χ0n) is 14.1. The van der Waals surface area contributed by atoms with Gasteiger partial charge in [-0.05, 0) is 38.2 Å². The number of hydrogen-bond acceptors (Lipinski definition) is 4. The summed E-state index contributed by atoms with van der Waals surface area (Å²) in [6.45, 7) is 7.69. The monoisotopic (exact) mass is 310 g/mol. The summed E-state index contributed by atoms with van der Waals surface area (Å²) in [5.41, 5.74) is 1.41. The normalized spacial score (nSPS) is 23.5. The molecule has 0 spiro atoms. The number of ether oxygens (including phenoxy) is 2. The summed E-state index contributed by atoms with van der Waals surface area (Å²) < 4.78 is 10.5. The van der Waals surface area contributed by atoms with Crippen LogP contribution in [0.15, 0.2) is 11.6 Å². The second-order valence-electron chi connectivity index (χ2n) is 6.07. The molecule has 2 aliphatic heterocycles. The van der Waals surface area contributed by atoms with Crippen molar-refractivity contribution in [3.8, 4) is 0 Å². The van der Waals surface area contributed by atoms with E-state index < -0.39 is 0 Å². The quantitative estimate of drug-likeness (QED) is 0.530. The number of carbonyl (C=O) groups is 1. The molecule has 0 aromatic rings. The van der Waals surface area contributed by atoms with Gasteiger partial charge < -0.3 is 14.4 Å². The maximum absolute atomic E-state index is 12.3. The predicted octanol–water partition coefficient (Wildman–Crippen LogP) is 1.68. The number of carbonyl (C=O) groups excluding carboxylic acids is 1. The van der Waals surface area contributed by atoms with E-state index in [1.165, 1.54) is 12.0 Å². The summed E-state index contributed by atoms with van der Waals surface area (Å²) in [6, 6.07) is 0.270. The molecule has 0 aromatic heterocycles. The molecular weight excluding hydrogens is 280 g/mol. The fourth-order valence-corrected chi connectivity index (χ4v) is 3.43. The molecule has 5 nitrogen and oxygen atoms in total. The van der Waals surface area contributed by atoms with Crippen molar-refractivity contribution in [1.82, 2.24) is 9.80 Å². The van der Waals surface area contributed by atoms with E-state index in [2.05, 4.69) is 11.0 Å². The van der Waals surface area contributed by atoms with Crippen LogP contribution in [0.2, 0.25) is 0 Å². The molecule has 1 fully saturated rings. The van der Waals surface area contributed by atoms with Gasteiger partial charge in [0.1, 0.15) is 6.61 Å². The highest BCUT2D eigenvalue weighted by molar-refractivity contribution is 5.78. The Bertz CT molecular complexity index is 384. The molecule has 2 rings (SSSR count). The Hall–Kier alpha value is -0.910. The molecule has 126 valence electrons. The SMILES string of the molecule is CCOCCN1CCC=C([C@@H]2CCCCN2C(=O)COC)C1. The Kier molecular flexibility index (Phi) is 7.36. The van der Waals surface area contributed by atoms with Crippen LogP contribution in [0.1, 0.15) is 32.6 Å². The highest BCUT2D eigenvalue weighted by Gasteiger charge is 2.30. The Balaban J connectivity index is 1.95. The zero-order chi connectivity index (χ0) is 15.8. The van der Waals surface area contributed by atoms with Gasteiger partial charge in [-0.25, -0.2) is 0 Å². The first-order valence-corrected chi connectivity index (χ1v) is 8.53. The van der Waals surface area contributed by atoms with E-state index in [0.29, 0.717) is 0 Å². The molecule has 1 amide bonds. The van der Waals surface area contributed by atoms with Gasteiger partial charge in [0.05, 0.1) is 12.6 Å². The lowest BCUT2D eigenvalue weighted by Crippen LogP contribution is -2.49. The van der Waals surface area contributed by atoms with Gasteiger partial charge in [0.25, 0.3) is 0 Å². The first-order valence-electron chi connectivity index (χ1n) is 8.53. The van der Waals surface area contributed by atoms with Crippen LogP contribution in [0, 0.1) is 0 Å². The summed E-state index contributed by atoms with van der Waals surface area (Å²) in [5.74, 6) is 0.125. The molecule has 1 atom stereocenters. The number of methoxy groups -OCH3 is 1. The third kappa shape index (κ3) is 4.80. The second-order valence-corrected chi connectivity index (χ2v) is 6.07. The maximum Gasteiger partial charge on any atom is 0.249 e. The zero-order valence-corrected chi connectivity index (χ0v) is 14.1. The first-order chi connectivity index (χ1) is 10.8. The van der Waals surface area contributed by atoms with E-state index in [9.17, 15) is 4.79 Å².